The molecule has 1 amide bonds. The number of hydrogen-bond acceptors (Lipinski definition) is 8. The van der Waals surface area contributed by atoms with E-state index >= 15 is 0 Å². The Morgan fingerprint density at radius 2 is 1.42 bits per heavy atom. The highest BCUT2D eigenvalue weighted by atomic mass is 32.2. The molecule has 2 N–H and O–H groups in total. The number of hydrogen-bond donors (Lipinski definition) is 2. The maximum Gasteiger partial charge on any atom is 0.337 e. The number of carbonyl (C=O) groups excluding carboxylic acids is 3. The smallest absolute Gasteiger partial charge is 0.337 e. The van der Waals surface area contributed by atoms with Gasteiger partial charge in [0.25, 0.3) is 15.9 Å². The molecule has 3 aromatic carbocycles. The van der Waals surface area contributed by atoms with Gasteiger partial charge >= 0.3 is 11.9 Å². The van der Waals surface area contributed by atoms with Gasteiger partial charge in [-0.1, -0.05) is 12.1 Å². The predicted molar refractivity (Wildman–Crippen MR) is 132 cm³/mol. The lowest BCUT2D eigenvalue weighted by molar-refractivity contribution is -0.118. The first kappa shape index (κ1) is 26.2. The van der Waals surface area contributed by atoms with Gasteiger partial charge in [0.15, 0.2) is 6.61 Å². The quantitative estimate of drug-likeness (QED) is 0.416. The van der Waals surface area contributed by atoms with Gasteiger partial charge in [-0.05, 0) is 67.1 Å². The summed E-state index contributed by atoms with van der Waals surface area (Å²) in [6, 6.07) is 16.5. The van der Waals surface area contributed by atoms with E-state index in [-0.39, 0.29) is 27.5 Å². The maximum atomic E-state index is 12.6. The predicted octanol–water partition coefficient (Wildman–Crippen LogP) is 3.39. The summed E-state index contributed by atoms with van der Waals surface area (Å²) in [6.07, 6.45) is 0. The fourth-order valence-corrected chi connectivity index (χ4v) is 4.20. The molecule has 0 unspecified atom stereocenters. The molecular formula is C25H24N2O8S. The molecule has 0 heterocycles. The lowest BCUT2D eigenvalue weighted by atomic mass is 10.1. The summed E-state index contributed by atoms with van der Waals surface area (Å²) in [5, 5.41) is 2.53. The number of benzene rings is 3. The third-order valence-electron chi connectivity index (χ3n) is 4.83. The zero-order valence-electron chi connectivity index (χ0n) is 19.7. The number of ether oxygens (including phenoxy) is 3. The van der Waals surface area contributed by atoms with Crippen LogP contribution in [-0.2, 0) is 24.3 Å². The topological polar surface area (TPSA) is 137 Å². The Hall–Kier alpha value is -4.38. The highest BCUT2D eigenvalue weighted by molar-refractivity contribution is 7.92. The summed E-state index contributed by atoms with van der Waals surface area (Å²) in [5.74, 6) is -1.71. The normalized spacial score (nSPS) is 10.8. The molecule has 0 aromatic heterocycles. The van der Waals surface area contributed by atoms with Gasteiger partial charge in [-0.15, -0.1) is 0 Å². The Morgan fingerprint density at radius 1 is 0.806 bits per heavy atom. The monoisotopic (exact) mass is 512 g/mol. The van der Waals surface area contributed by atoms with Crippen LogP contribution in [0.4, 0.5) is 11.4 Å². The summed E-state index contributed by atoms with van der Waals surface area (Å²) >= 11 is 0. The Bertz CT molecular complexity index is 1350. The van der Waals surface area contributed by atoms with Crippen molar-refractivity contribution in [1.82, 2.24) is 0 Å². The van der Waals surface area contributed by atoms with E-state index in [1.165, 1.54) is 56.7 Å². The van der Waals surface area contributed by atoms with Crippen molar-refractivity contribution in [2.75, 3.05) is 30.9 Å². The van der Waals surface area contributed by atoms with Gasteiger partial charge in [-0.3, -0.25) is 9.52 Å². The van der Waals surface area contributed by atoms with Crippen LogP contribution < -0.4 is 14.8 Å². The SMILES string of the molecule is COC(=O)c1cc(NC(=O)COc2ccc(S(=O)(=O)Nc3cccc(C)c3)cc2)cc(C(=O)OC)c1. The second-order valence-corrected chi connectivity index (χ2v) is 9.25. The number of nitrogens with one attached hydrogen (secondary N) is 2. The molecule has 0 spiro atoms. The molecule has 0 fully saturated rings. The van der Waals surface area contributed by atoms with E-state index in [1.807, 2.05) is 13.0 Å². The minimum atomic E-state index is -3.81. The summed E-state index contributed by atoms with van der Waals surface area (Å²) in [5.41, 5.74) is 1.62. The lowest BCUT2D eigenvalue weighted by Crippen LogP contribution is -2.21. The molecule has 3 aromatic rings. The molecule has 0 saturated heterocycles. The summed E-state index contributed by atoms with van der Waals surface area (Å²) in [4.78, 5) is 36.2. The molecule has 0 aliphatic rings. The molecule has 0 bridgehead atoms. The third-order valence-corrected chi connectivity index (χ3v) is 6.23. The Kier molecular flexibility index (Phi) is 8.28. The molecule has 0 radical (unpaired) electrons. The van der Waals surface area contributed by atoms with Crippen molar-refractivity contribution in [3.63, 3.8) is 0 Å². The number of carbonyl (C=O) groups is 3. The van der Waals surface area contributed by atoms with E-state index in [0.29, 0.717) is 5.69 Å². The van der Waals surface area contributed by atoms with Crippen molar-refractivity contribution < 1.29 is 37.0 Å². The Morgan fingerprint density at radius 3 is 1.97 bits per heavy atom. The van der Waals surface area contributed by atoms with Crippen molar-refractivity contribution in [3.05, 3.63) is 83.4 Å². The van der Waals surface area contributed by atoms with Crippen molar-refractivity contribution >= 4 is 39.2 Å². The molecule has 0 aliphatic heterocycles. The van der Waals surface area contributed by atoms with Gasteiger partial charge in [-0.2, -0.15) is 0 Å². The van der Waals surface area contributed by atoms with Gasteiger partial charge in [0.2, 0.25) is 0 Å². The van der Waals surface area contributed by atoms with E-state index in [4.69, 9.17) is 4.74 Å². The molecule has 0 aliphatic carbocycles. The molecular weight excluding hydrogens is 488 g/mol. The van der Waals surface area contributed by atoms with Crippen molar-refractivity contribution in [2.24, 2.45) is 0 Å². The first-order valence-electron chi connectivity index (χ1n) is 10.5. The fraction of sp³-hybridized carbons (Fsp3) is 0.160. The van der Waals surface area contributed by atoms with Crippen LogP contribution >= 0.6 is 0 Å². The average Bonchev–Trinajstić information content (AvgIpc) is 2.86. The number of sulfonamides is 1. The van der Waals surface area contributed by atoms with Gasteiger partial charge < -0.3 is 19.5 Å². The zero-order valence-corrected chi connectivity index (χ0v) is 20.5. The van der Waals surface area contributed by atoms with Crippen LogP contribution in [0.5, 0.6) is 5.75 Å². The summed E-state index contributed by atoms with van der Waals surface area (Å²) < 4.78 is 42.5. The Labute approximate surface area is 208 Å². The standard InChI is InChI=1S/C25H24N2O8S/c1-16-5-4-6-19(11-16)27-36(31,32)22-9-7-21(8-10-22)35-15-23(28)26-20-13-17(24(29)33-2)12-18(14-20)25(30)34-3/h4-14,27H,15H2,1-3H3,(H,26,28). The summed E-state index contributed by atoms with van der Waals surface area (Å²) in [7, 11) is -1.43. The molecule has 0 atom stereocenters. The zero-order chi connectivity index (χ0) is 26.3. The van der Waals surface area contributed by atoms with Crippen molar-refractivity contribution in [2.45, 2.75) is 11.8 Å². The van der Waals surface area contributed by atoms with E-state index in [1.54, 1.807) is 18.2 Å². The maximum absolute atomic E-state index is 12.6. The van der Waals surface area contributed by atoms with Crippen LogP contribution in [0.2, 0.25) is 0 Å². The van der Waals surface area contributed by atoms with Crippen LogP contribution in [0, 0.1) is 6.92 Å². The number of methoxy groups -OCH3 is 2. The number of rotatable bonds is 9. The molecule has 0 saturated carbocycles. The molecule has 188 valence electrons. The first-order chi connectivity index (χ1) is 17.1. The van der Waals surface area contributed by atoms with Crippen LogP contribution in [0.15, 0.2) is 71.6 Å². The Balaban J connectivity index is 1.64. The van der Waals surface area contributed by atoms with E-state index in [0.717, 1.165) is 5.56 Å². The minimum absolute atomic E-state index is 0.0239. The number of aryl methyl sites for hydroxylation is 1. The lowest BCUT2D eigenvalue weighted by Gasteiger charge is -2.11. The van der Waals surface area contributed by atoms with Gasteiger partial charge in [0.05, 0.1) is 30.2 Å². The second-order valence-electron chi connectivity index (χ2n) is 7.57. The summed E-state index contributed by atoms with van der Waals surface area (Å²) in [6.45, 7) is 1.44. The first-order valence-corrected chi connectivity index (χ1v) is 12.0. The molecule has 36 heavy (non-hydrogen) atoms. The average molecular weight is 513 g/mol. The number of amides is 1. The van der Waals surface area contributed by atoms with Crippen LogP contribution in [0.25, 0.3) is 0 Å². The fourth-order valence-electron chi connectivity index (χ4n) is 3.15. The molecule has 11 heteroatoms. The van der Waals surface area contributed by atoms with Crippen molar-refractivity contribution in [1.29, 1.82) is 0 Å². The van der Waals surface area contributed by atoms with Crippen LogP contribution in [0.1, 0.15) is 26.3 Å². The third kappa shape index (κ3) is 6.83. The van der Waals surface area contributed by atoms with Gasteiger partial charge in [0, 0.05) is 11.4 Å². The highest BCUT2D eigenvalue weighted by Gasteiger charge is 2.16. The van der Waals surface area contributed by atoms with Crippen LogP contribution in [0.3, 0.4) is 0 Å². The number of esters is 2. The largest absolute Gasteiger partial charge is 0.484 e. The van der Waals surface area contributed by atoms with E-state index in [2.05, 4.69) is 19.5 Å². The van der Waals surface area contributed by atoms with Crippen LogP contribution in [-0.4, -0.2) is 47.1 Å². The minimum Gasteiger partial charge on any atom is -0.484 e. The number of anilines is 2. The second kappa shape index (κ2) is 11.4. The van der Waals surface area contributed by atoms with E-state index in [9.17, 15) is 22.8 Å². The van der Waals surface area contributed by atoms with E-state index < -0.39 is 34.5 Å². The van der Waals surface area contributed by atoms with Gasteiger partial charge in [-0.25, -0.2) is 18.0 Å². The molecule has 10 nitrogen and oxygen atoms in total. The van der Waals surface area contributed by atoms with Gasteiger partial charge in [0.1, 0.15) is 5.75 Å². The highest BCUT2D eigenvalue weighted by Crippen LogP contribution is 2.21. The molecule has 3 rings (SSSR count). The van der Waals surface area contributed by atoms with Crippen molar-refractivity contribution in [3.8, 4) is 5.75 Å².